The second-order valence-corrected chi connectivity index (χ2v) is 6.23. The van der Waals surface area contributed by atoms with Gasteiger partial charge < -0.3 is 4.90 Å². The van der Waals surface area contributed by atoms with Crippen LogP contribution in [-0.2, 0) is 6.54 Å². The first-order chi connectivity index (χ1) is 11.5. The molecule has 1 aliphatic rings. The number of halogens is 3. The number of rotatable bonds is 3. The van der Waals surface area contributed by atoms with Gasteiger partial charge in [0.25, 0.3) is 5.91 Å². The van der Waals surface area contributed by atoms with Crippen molar-refractivity contribution in [2.75, 3.05) is 26.2 Å². The second kappa shape index (κ2) is 7.28. The van der Waals surface area contributed by atoms with Gasteiger partial charge in [0.1, 0.15) is 11.6 Å². The van der Waals surface area contributed by atoms with Gasteiger partial charge in [-0.3, -0.25) is 9.69 Å². The van der Waals surface area contributed by atoms with Crippen LogP contribution in [-0.4, -0.2) is 41.9 Å². The van der Waals surface area contributed by atoms with E-state index in [0.717, 1.165) is 31.3 Å². The van der Waals surface area contributed by atoms with Crippen LogP contribution in [0.25, 0.3) is 0 Å². The molecular weight excluding hydrogens is 334 g/mol. The van der Waals surface area contributed by atoms with E-state index < -0.39 is 5.82 Å². The smallest absolute Gasteiger partial charge is 0.255 e. The van der Waals surface area contributed by atoms with E-state index in [2.05, 4.69) is 4.90 Å². The molecule has 0 aliphatic carbocycles. The monoisotopic (exact) mass is 350 g/mol. The van der Waals surface area contributed by atoms with E-state index in [-0.39, 0.29) is 16.7 Å². The highest BCUT2D eigenvalue weighted by Crippen LogP contribution is 2.20. The number of hydrogen-bond acceptors (Lipinski definition) is 2. The minimum Gasteiger partial charge on any atom is -0.336 e. The average Bonchev–Trinajstić information content (AvgIpc) is 2.57. The fourth-order valence-corrected chi connectivity index (χ4v) is 3.04. The molecule has 1 aliphatic heterocycles. The molecule has 3 nitrogen and oxygen atoms in total. The Balaban J connectivity index is 1.58. The van der Waals surface area contributed by atoms with Gasteiger partial charge in [0.15, 0.2) is 0 Å². The fraction of sp³-hybridized carbons (Fsp3) is 0.278. The molecule has 1 amide bonds. The van der Waals surface area contributed by atoms with Crippen LogP contribution in [0, 0.1) is 11.6 Å². The van der Waals surface area contributed by atoms with E-state index in [9.17, 15) is 13.6 Å². The first kappa shape index (κ1) is 16.9. The van der Waals surface area contributed by atoms with Crippen molar-refractivity contribution < 1.29 is 13.6 Å². The van der Waals surface area contributed by atoms with Gasteiger partial charge in [0, 0.05) is 32.7 Å². The zero-order valence-electron chi connectivity index (χ0n) is 13.0. The van der Waals surface area contributed by atoms with Crippen LogP contribution < -0.4 is 0 Å². The van der Waals surface area contributed by atoms with Crippen LogP contribution in [0.4, 0.5) is 8.78 Å². The third-order valence-electron chi connectivity index (χ3n) is 4.14. The number of carbonyl (C=O) groups excluding carboxylic acids is 1. The Morgan fingerprint density at radius 3 is 2.21 bits per heavy atom. The predicted octanol–water partition coefficient (Wildman–Crippen LogP) is 3.58. The zero-order valence-corrected chi connectivity index (χ0v) is 13.8. The molecule has 6 heteroatoms. The Bertz CT molecular complexity index is 728. The van der Waals surface area contributed by atoms with E-state index in [1.54, 1.807) is 17.0 Å². The number of hydrogen-bond donors (Lipinski definition) is 0. The fourth-order valence-electron chi connectivity index (χ4n) is 2.79. The topological polar surface area (TPSA) is 23.6 Å². The Kier molecular flexibility index (Phi) is 5.11. The molecule has 2 aromatic carbocycles. The maximum absolute atomic E-state index is 13.1. The van der Waals surface area contributed by atoms with Gasteiger partial charge in [0.05, 0.1) is 10.6 Å². The lowest BCUT2D eigenvalue weighted by Gasteiger charge is -2.35. The normalized spacial score (nSPS) is 15.5. The number of nitrogens with zero attached hydrogens (tertiary/aromatic N) is 2. The van der Waals surface area contributed by atoms with E-state index >= 15 is 0 Å². The first-order valence-electron chi connectivity index (χ1n) is 7.74. The second-order valence-electron chi connectivity index (χ2n) is 5.82. The highest BCUT2D eigenvalue weighted by molar-refractivity contribution is 6.33. The minimum absolute atomic E-state index is 0.133. The molecule has 0 saturated carbocycles. The molecule has 126 valence electrons. The van der Waals surface area contributed by atoms with Crippen LogP contribution in [0.15, 0.2) is 42.5 Å². The summed E-state index contributed by atoms with van der Waals surface area (Å²) < 4.78 is 26.0. The van der Waals surface area contributed by atoms with Crippen molar-refractivity contribution >= 4 is 17.5 Å². The summed E-state index contributed by atoms with van der Waals surface area (Å²) in [6.07, 6.45) is 0. The van der Waals surface area contributed by atoms with Gasteiger partial charge in [-0.1, -0.05) is 23.7 Å². The Hall–Kier alpha value is -1.98. The molecule has 3 rings (SSSR count). The highest BCUT2D eigenvalue weighted by Gasteiger charge is 2.23. The summed E-state index contributed by atoms with van der Waals surface area (Å²) in [6.45, 7) is 3.32. The Morgan fingerprint density at radius 2 is 1.58 bits per heavy atom. The van der Waals surface area contributed by atoms with Crippen molar-refractivity contribution in [2.24, 2.45) is 0 Å². The zero-order chi connectivity index (χ0) is 17.1. The van der Waals surface area contributed by atoms with Gasteiger partial charge in [-0.15, -0.1) is 0 Å². The molecule has 1 saturated heterocycles. The van der Waals surface area contributed by atoms with E-state index in [1.807, 2.05) is 0 Å². The lowest BCUT2D eigenvalue weighted by Crippen LogP contribution is -2.48. The molecule has 0 N–H and O–H groups in total. The number of carbonyl (C=O) groups is 1. The highest BCUT2D eigenvalue weighted by atomic mass is 35.5. The summed E-state index contributed by atoms with van der Waals surface area (Å²) >= 11 is 5.96. The number of piperazine rings is 1. The van der Waals surface area contributed by atoms with Crippen molar-refractivity contribution in [2.45, 2.75) is 6.54 Å². The van der Waals surface area contributed by atoms with E-state index in [0.29, 0.717) is 18.7 Å². The lowest BCUT2D eigenvalue weighted by atomic mass is 10.1. The Morgan fingerprint density at radius 1 is 0.958 bits per heavy atom. The molecule has 0 atom stereocenters. The quantitative estimate of drug-likeness (QED) is 0.844. The van der Waals surface area contributed by atoms with E-state index in [1.165, 1.54) is 24.3 Å². The van der Waals surface area contributed by atoms with Gasteiger partial charge in [-0.05, 0) is 35.9 Å². The summed E-state index contributed by atoms with van der Waals surface area (Å²) in [5.74, 6) is -0.882. The van der Waals surface area contributed by atoms with E-state index in [4.69, 9.17) is 11.6 Å². The molecule has 0 spiro atoms. The van der Waals surface area contributed by atoms with Crippen LogP contribution in [0.1, 0.15) is 15.9 Å². The number of benzene rings is 2. The number of amides is 1. The average molecular weight is 351 g/mol. The lowest BCUT2D eigenvalue weighted by molar-refractivity contribution is 0.0628. The first-order valence-corrected chi connectivity index (χ1v) is 8.12. The van der Waals surface area contributed by atoms with Crippen molar-refractivity contribution in [3.8, 4) is 0 Å². The largest absolute Gasteiger partial charge is 0.336 e. The van der Waals surface area contributed by atoms with Crippen LogP contribution in [0.5, 0.6) is 0 Å². The van der Waals surface area contributed by atoms with Crippen molar-refractivity contribution in [1.82, 2.24) is 9.80 Å². The standard InChI is InChI=1S/C18H17ClF2N2O/c19-17-11-15(21)5-6-16(17)18(24)23-9-7-22(8-10-23)12-13-1-3-14(20)4-2-13/h1-6,11H,7-10,12H2. The molecule has 0 unspecified atom stereocenters. The van der Waals surface area contributed by atoms with Crippen molar-refractivity contribution in [3.05, 3.63) is 70.2 Å². The molecule has 1 heterocycles. The van der Waals surface area contributed by atoms with Crippen LogP contribution in [0.2, 0.25) is 5.02 Å². The maximum atomic E-state index is 13.1. The summed E-state index contributed by atoms with van der Waals surface area (Å²) in [4.78, 5) is 16.4. The molecule has 0 radical (unpaired) electrons. The minimum atomic E-state index is -0.458. The summed E-state index contributed by atoms with van der Waals surface area (Å²) in [5.41, 5.74) is 1.36. The molecule has 0 aromatic heterocycles. The predicted molar refractivity (Wildman–Crippen MR) is 89.0 cm³/mol. The molecule has 2 aromatic rings. The third-order valence-corrected chi connectivity index (χ3v) is 4.45. The van der Waals surface area contributed by atoms with Crippen LogP contribution in [0.3, 0.4) is 0 Å². The van der Waals surface area contributed by atoms with Crippen molar-refractivity contribution in [1.29, 1.82) is 0 Å². The third kappa shape index (κ3) is 3.91. The summed E-state index contributed by atoms with van der Waals surface area (Å²) in [6, 6.07) is 10.3. The molecule has 24 heavy (non-hydrogen) atoms. The van der Waals surface area contributed by atoms with Gasteiger partial charge in [-0.25, -0.2) is 8.78 Å². The van der Waals surface area contributed by atoms with Gasteiger partial charge in [0.2, 0.25) is 0 Å². The van der Waals surface area contributed by atoms with Gasteiger partial charge >= 0.3 is 0 Å². The summed E-state index contributed by atoms with van der Waals surface area (Å²) in [5, 5.41) is 0.133. The SMILES string of the molecule is O=C(c1ccc(F)cc1Cl)N1CCN(Cc2ccc(F)cc2)CC1. The summed E-state index contributed by atoms with van der Waals surface area (Å²) in [7, 11) is 0. The van der Waals surface area contributed by atoms with Gasteiger partial charge in [-0.2, -0.15) is 0 Å². The van der Waals surface area contributed by atoms with Crippen LogP contribution >= 0.6 is 11.6 Å². The van der Waals surface area contributed by atoms with Crippen molar-refractivity contribution in [3.63, 3.8) is 0 Å². The molecular formula is C18H17ClF2N2O. The molecule has 1 fully saturated rings. The Labute approximate surface area is 144 Å². The maximum Gasteiger partial charge on any atom is 0.255 e. The molecule has 0 bridgehead atoms.